The summed E-state index contributed by atoms with van der Waals surface area (Å²) in [5, 5.41) is 6.38. The van der Waals surface area contributed by atoms with Crippen LogP contribution in [0.15, 0.2) is 48.5 Å². The van der Waals surface area contributed by atoms with E-state index in [4.69, 9.17) is 4.74 Å². The van der Waals surface area contributed by atoms with Crippen LogP contribution in [-0.2, 0) is 16.1 Å². The molecule has 2 unspecified atom stereocenters. The standard InChI is InChI=1S/C21H22N4O3S/c1-13-17-6-4-5-7-18(17)24(22-13)12-19(26)23-25-20(27)14(2)29-21(25)15-8-10-16(28-3)11-9-15/h4-11,14,21H,12H2,1-3H3,(H,23,26). The molecule has 2 aromatic carbocycles. The van der Waals surface area contributed by atoms with Gasteiger partial charge in [-0.3, -0.25) is 19.7 Å². The third-order valence-electron chi connectivity index (χ3n) is 4.93. The van der Waals surface area contributed by atoms with E-state index in [9.17, 15) is 9.59 Å². The number of hydrogen-bond acceptors (Lipinski definition) is 5. The number of carbonyl (C=O) groups is 2. The van der Waals surface area contributed by atoms with Gasteiger partial charge in [0.1, 0.15) is 17.7 Å². The SMILES string of the molecule is COc1ccc(C2SC(C)C(=O)N2NC(=O)Cn2nc(C)c3ccccc32)cc1. The first-order valence-corrected chi connectivity index (χ1v) is 10.3. The molecule has 29 heavy (non-hydrogen) atoms. The maximum absolute atomic E-state index is 12.8. The normalized spacial score (nSPS) is 19.0. The number of rotatable bonds is 5. The van der Waals surface area contributed by atoms with Gasteiger partial charge in [-0.25, -0.2) is 5.01 Å². The highest BCUT2D eigenvalue weighted by Gasteiger charge is 2.39. The number of thioether (sulfide) groups is 1. The molecule has 1 aromatic heterocycles. The van der Waals surface area contributed by atoms with Gasteiger partial charge in [-0.2, -0.15) is 5.10 Å². The minimum Gasteiger partial charge on any atom is -0.497 e. The van der Waals surface area contributed by atoms with Crippen LogP contribution in [-0.4, -0.2) is 39.0 Å². The second-order valence-corrected chi connectivity index (χ2v) is 8.33. The fraction of sp³-hybridized carbons (Fsp3) is 0.286. The Morgan fingerprint density at radius 3 is 2.66 bits per heavy atom. The van der Waals surface area contributed by atoms with E-state index in [1.165, 1.54) is 16.8 Å². The van der Waals surface area contributed by atoms with Gasteiger partial charge in [-0.1, -0.05) is 30.3 Å². The largest absolute Gasteiger partial charge is 0.497 e. The van der Waals surface area contributed by atoms with Crippen molar-refractivity contribution >= 4 is 34.5 Å². The van der Waals surface area contributed by atoms with E-state index in [0.29, 0.717) is 0 Å². The molecule has 150 valence electrons. The average Bonchev–Trinajstić information content (AvgIpc) is 3.19. The number of benzene rings is 2. The zero-order chi connectivity index (χ0) is 20.5. The van der Waals surface area contributed by atoms with Gasteiger partial charge in [0.2, 0.25) is 0 Å². The predicted octanol–water partition coefficient (Wildman–Crippen LogP) is 3.05. The highest BCUT2D eigenvalue weighted by atomic mass is 32.2. The number of aromatic nitrogens is 2. The van der Waals surface area contributed by atoms with E-state index in [-0.39, 0.29) is 29.0 Å². The number of methoxy groups -OCH3 is 1. The number of fused-ring (bicyclic) bond motifs is 1. The predicted molar refractivity (Wildman–Crippen MR) is 112 cm³/mol. The van der Waals surface area contributed by atoms with Crippen molar-refractivity contribution in [2.24, 2.45) is 0 Å². The molecule has 1 saturated heterocycles. The molecule has 0 bridgehead atoms. The summed E-state index contributed by atoms with van der Waals surface area (Å²) < 4.78 is 6.87. The topological polar surface area (TPSA) is 76.5 Å². The maximum Gasteiger partial charge on any atom is 0.260 e. The Morgan fingerprint density at radius 2 is 1.93 bits per heavy atom. The van der Waals surface area contributed by atoms with Crippen molar-refractivity contribution in [3.8, 4) is 5.75 Å². The van der Waals surface area contributed by atoms with E-state index < -0.39 is 0 Å². The maximum atomic E-state index is 12.8. The fourth-order valence-corrected chi connectivity index (χ4v) is 4.66. The van der Waals surface area contributed by atoms with Crippen molar-refractivity contribution in [3.05, 3.63) is 59.8 Å². The highest BCUT2D eigenvalue weighted by molar-refractivity contribution is 8.01. The zero-order valence-corrected chi connectivity index (χ0v) is 17.3. The monoisotopic (exact) mass is 410 g/mol. The Labute approximate surface area is 173 Å². The first-order valence-electron chi connectivity index (χ1n) is 9.32. The average molecular weight is 410 g/mol. The van der Waals surface area contributed by atoms with Gasteiger partial charge in [0, 0.05) is 5.39 Å². The van der Waals surface area contributed by atoms with Crippen molar-refractivity contribution in [3.63, 3.8) is 0 Å². The van der Waals surface area contributed by atoms with Crippen molar-refractivity contribution in [2.75, 3.05) is 7.11 Å². The van der Waals surface area contributed by atoms with E-state index in [1.54, 1.807) is 11.8 Å². The molecule has 1 aliphatic heterocycles. The minimum atomic E-state index is -0.292. The summed E-state index contributed by atoms with van der Waals surface area (Å²) >= 11 is 1.50. The molecule has 2 heterocycles. The van der Waals surface area contributed by atoms with Crippen LogP contribution in [0.4, 0.5) is 0 Å². The van der Waals surface area contributed by atoms with Crippen LogP contribution in [0.1, 0.15) is 23.6 Å². The van der Waals surface area contributed by atoms with E-state index in [0.717, 1.165) is 27.9 Å². The van der Waals surface area contributed by atoms with Gasteiger partial charge in [0.05, 0.1) is 23.6 Å². The van der Waals surface area contributed by atoms with E-state index >= 15 is 0 Å². The third kappa shape index (κ3) is 3.67. The Kier molecular flexibility index (Phi) is 5.19. The summed E-state index contributed by atoms with van der Waals surface area (Å²) in [5.41, 5.74) is 5.47. The lowest BCUT2D eigenvalue weighted by Crippen LogP contribution is -2.46. The molecule has 4 rings (SSSR count). The molecule has 1 fully saturated rings. The number of carbonyl (C=O) groups excluding carboxylic acids is 2. The van der Waals surface area contributed by atoms with Crippen LogP contribution >= 0.6 is 11.8 Å². The molecular formula is C21H22N4O3S. The number of hydrogen-bond donors (Lipinski definition) is 1. The second-order valence-electron chi connectivity index (χ2n) is 6.91. The number of para-hydroxylation sites is 1. The molecule has 7 nitrogen and oxygen atoms in total. The summed E-state index contributed by atoms with van der Waals surface area (Å²) in [7, 11) is 1.61. The van der Waals surface area contributed by atoms with Crippen LogP contribution in [0.5, 0.6) is 5.75 Å². The number of amides is 2. The molecule has 0 spiro atoms. The molecule has 1 aliphatic rings. The van der Waals surface area contributed by atoms with Gasteiger partial charge >= 0.3 is 0 Å². The van der Waals surface area contributed by atoms with Crippen LogP contribution in [0.3, 0.4) is 0 Å². The molecule has 0 radical (unpaired) electrons. The summed E-state index contributed by atoms with van der Waals surface area (Å²) in [4.78, 5) is 25.4. The van der Waals surface area contributed by atoms with Gasteiger partial charge in [0.15, 0.2) is 0 Å². The number of aryl methyl sites for hydroxylation is 1. The number of hydrazine groups is 1. The second kappa shape index (κ2) is 7.79. The number of ether oxygens (including phenoxy) is 1. The van der Waals surface area contributed by atoms with E-state index in [1.807, 2.05) is 62.4 Å². The smallest absolute Gasteiger partial charge is 0.260 e. The Bertz CT molecular complexity index is 1060. The third-order valence-corrected chi connectivity index (χ3v) is 6.29. The number of nitrogens with one attached hydrogen (secondary N) is 1. The van der Waals surface area contributed by atoms with Gasteiger partial charge in [-0.05, 0) is 37.6 Å². The van der Waals surface area contributed by atoms with Crippen molar-refractivity contribution < 1.29 is 14.3 Å². The van der Waals surface area contributed by atoms with Crippen LogP contribution in [0, 0.1) is 6.92 Å². The molecule has 1 N–H and O–H groups in total. The fourth-order valence-electron chi connectivity index (χ4n) is 3.45. The molecule has 0 saturated carbocycles. The Morgan fingerprint density at radius 1 is 1.21 bits per heavy atom. The molecule has 2 atom stereocenters. The lowest BCUT2D eigenvalue weighted by atomic mass is 10.2. The van der Waals surface area contributed by atoms with Crippen LogP contribution in [0.25, 0.3) is 10.9 Å². The Hall–Kier alpha value is -3.00. The lowest BCUT2D eigenvalue weighted by molar-refractivity contribution is -0.140. The Balaban J connectivity index is 1.53. The highest BCUT2D eigenvalue weighted by Crippen LogP contribution is 2.42. The number of nitrogens with zero attached hydrogens (tertiary/aromatic N) is 3. The van der Waals surface area contributed by atoms with Crippen LogP contribution < -0.4 is 10.2 Å². The molecule has 2 amide bonds. The first-order chi connectivity index (χ1) is 14.0. The molecule has 3 aromatic rings. The van der Waals surface area contributed by atoms with Gasteiger partial charge < -0.3 is 4.74 Å². The van der Waals surface area contributed by atoms with Crippen LogP contribution in [0.2, 0.25) is 0 Å². The minimum absolute atomic E-state index is 0.0342. The van der Waals surface area contributed by atoms with Gasteiger partial charge in [0.25, 0.3) is 11.8 Å². The van der Waals surface area contributed by atoms with Crippen molar-refractivity contribution in [1.29, 1.82) is 0 Å². The summed E-state index contributed by atoms with van der Waals surface area (Å²) in [6, 6.07) is 15.3. The van der Waals surface area contributed by atoms with Crippen molar-refractivity contribution in [2.45, 2.75) is 31.0 Å². The first kappa shape index (κ1) is 19.3. The zero-order valence-electron chi connectivity index (χ0n) is 16.5. The molecule has 8 heteroatoms. The quantitative estimate of drug-likeness (QED) is 0.700. The molecular weight excluding hydrogens is 388 g/mol. The van der Waals surface area contributed by atoms with E-state index in [2.05, 4.69) is 10.5 Å². The molecule has 0 aliphatic carbocycles. The lowest BCUT2D eigenvalue weighted by Gasteiger charge is -2.24. The summed E-state index contributed by atoms with van der Waals surface area (Å²) in [6.07, 6.45) is 0. The van der Waals surface area contributed by atoms with Crippen molar-refractivity contribution in [1.82, 2.24) is 20.2 Å². The van der Waals surface area contributed by atoms with Gasteiger partial charge in [-0.15, -0.1) is 11.8 Å². The summed E-state index contributed by atoms with van der Waals surface area (Å²) in [6.45, 7) is 3.80. The summed E-state index contributed by atoms with van der Waals surface area (Å²) in [5.74, 6) is 0.332.